The van der Waals surface area contributed by atoms with Crippen molar-refractivity contribution in [2.24, 2.45) is 0 Å². The molecule has 1 aromatic heterocycles. The summed E-state index contributed by atoms with van der Waals surface area (Å²) >= 11 is 0. The Morgan fingerprint density at radius 3 is 2.20 bits per heavy atom. The van der Waals surface area contributed by atoms with E-state index < -0.39 is 33.0 Å². The smallest absolute Gasteiger partial charge is 0.314 e. The summed E-state index contributed by atoms with van der Waals surface area (Å²) in [6.07, 6.45) is 0. The van der Waals surface area contributed by atoms with Crippen molar-refractivity contribution in [3.63, 3.8) is 0 Å². The average molecular weight is 363 g/mol. The highest BCUT2D eigenvalue weighted by atomic mass is 32.2. The summed E-state index contributed by atoms with van der Waals surface area (Å²) in [6, 6.07) is 8.85. The number of hydrogen-bond donors (Lipinski definition) is 3. The van der Waals surface area contributed by atoms with E-state index in [0.29, 0.717) is 11.1 Å². The van der Waals surface area contributed by atoms with Gasteiger partial charge in [0.15, 0.2) is 0 Å². The van der Waals surface area contributed by atoms with Crippen molar-refractivity contribution in [1.82, 2.24) is 14.7 Å². The minimum atomic E-state index is -3.89. The van der Waals surface area contributed by atoms with Crippen LogP contribution >= 0.6 is 0 Å². The van der Waals surface area contributed by atoms with Crippen LogP contribution in [0.1, 0.15) is 18.5 Å². The summed E-state index contributed by atoms with van der Waals surface area (Å²) in [5, 5.41) is 0. The van der Waals surface area contributed by atoms with Crippen LogP contribution in [-0.4, -0.2) is 18.4 Å². The molecule has 3 N–H and O–H groups in total. The molecule has 0 saturated heterocycles. The van der Waals surface area contributed by atoms with Gasteiger partial charge in [0, 0.05) is 6.04 Å². The number of benzene rings is 2. The minimum Gasteiger partial charge on any atom is -0.316 e. The molecular formula is C16H14FN3O4S. The maximum absolute atomic E-state index is 13.0. The van der Waals surface area contributed by atoms with Crippen LogP contribution in [0, 0.1) is 5.82 Å². The number of aromatic nitrogens is 2. The Bertz CT molecular complexity index is 1150. The molecule has 7 nitrogen and oxygen atoms in total. The molecule has 2 aromatic carbocycles. The van der Waals surface area contributed by atoms with Gasteiger partial charge in [-0.3, -0.25) is 9.59 Å². The van der Waals surface area contributed by atoms with E-state index in [-0.39, 0.29) is 10.4 Å². The number of hydrogen-bond acceptors (Lipinski definition) is 4. The lowest BCUT2D eigenvalue weighted by atomic mass is 10.1. The van der Waals surface area contributed by atoms with Crippen LogP contribution in [0.15, 0.2) is 56.9 Å². The first-order valence-corrected chi connectivity index (χ1v) is 8.79. The first-order chi connectivity index (χ1) is 11.8. The van der Waals surface area contributed by atoms with E-state index in [9.17, 15) is 22.4 Å². The van der Waals surface area contributed by atoms with Crippen molar-refractivity contribution < 1.29 is 12.8 Å². The van der Waals surface area contributed by atoms with Gasteiger partial charge in [-0.05, 0) is 42.8 Å². The molecule has 3 rings (SSSR count). The normalized spacial score (nSPS) is 13.0. The molecule has 1 unspecified atom stereocenters. The second kappa shape index (κ2) is 6.26. The fourth-order valence-corrected chi connectivity index (χ4v) is 3.64. The fraction of sp³-hybridized carbons (Fsp3) is 0.125. The van der Waals surface area contributed by atoms with Crippen molar-refractivity contribution in [3.8, 4) is 0 Å². The van der Waals surface area contributed by atoms with Crippen LogP contribution < -0.4 is 15.8 Å². The number of rotatable bonds is 4. The van der Waals surface area contributed by atoms with Gasteiger partial charge >= 0.3 is 11.1 Å². The number of nitrogens with one attached hydrogen (secondary N) is 3. The first kappa shape index (κ1) is 17.1. The number of fused-ring (bicyclic) bond motifs is 1. The van der Waals surface area contributed by atoms with Gasteiger partial charge in [-0.25, -0.2) is 17.5 Å². The quantitative estimate of drug-likeness (QED) is 0.608. The zero-order chi connectivity index (χ0) is 18.2. The SMILES string of the molecule is CC(NS(=O)(=O)c1ccc2[nH]c(=O)c(=O)[nH]c2c1)c1ccc(F)cc1. The Kier molecular flexibility index (Phi) is 4.27. The molecule has 0 bridgehead atoms. The van der Waals surface area contributed by atoms with Crippen LogP contribution in [0.2, 0.25) is 0 Å². The second-order valence-corrected chi connectivity index (χ2v) is 7.22. The standard InChI is InChI=1S/C16H14FN3O4S/c1-9(10-2-4-11(17)5-3-10)20-25(23,24)12-6-7-13-14(8-12)19-16(22)15(21)18-13/h2-9,20H,1H3,(H,18,21)(H,19,22). The summed E-state index contributed by atoms with van der Waals surface area (Å²) in [4.78, 5) is 27.3. The van der Waals surface area contributed by atoms with E-state index in [2.05, 4.69) is 14.7 Å². The molecule has 0 amide bonds. The molecule has 0 radical (unpaired) electrons. The highest BCUT2D eigenvalue weighted by molar-refractivity contribution is 7.89. The molecular weight excluding hydrogens is 349 g/mol. The predicted octanol–water partition coefficient (Wildman–Crippen LogP) is 1.40. The maximum Gasteiger partial charge on any atom is 0.314 e. The molecule has 0 fully saturated rings. The average Bonchev–Trinajstić information content (AvgIpc) is 2.55. The van der Waals surface area contributed by atoms with Crippen LogP contribution in [0.4, 0.5) is 4.39 Å². The topological polar surface area (TPSA) is 112 Å². The van der Waals surface area contributed by atoms with Gasteiger partial charge in [-0.1, -0.05) is 12.1 Å². The van der Waals surface area contributed by atoms with Crippen molar-refractivity contribution in [1.29, 1.82) is 0 Å². The number of sulfonamides is 1. The van der Waals surface area contributed by atoms with Crippen LogP contribution in [0.5, 0.6) is 0 Å². The zero-order valence-electron chi connectivity index (χ0n) is 13.0. The lowest BCUT2D eigenvalue weighted by Crippen LogP contribution is -2.29. The van der Waals surface area contributed by atoms with E-state index in [1.807, 2.05) is 0 Å². The summed E-state index contributed by atoms with van der Waals surface area (Å²) in [7, 11) is -3.89. The molecule has 1 heterocycles. The zero-order valence-corrected chi connectivity index (χ0v) is 13.9. The Morgan fingerprint density at radius 2 is 1.56 bits per heavy atom. The minimum absolute atomic E-state index is 0.0725. The van der Waals surface area contributed by atoms with E-state index in [4.69, 9.17) is 0 Å². The van der Waals surface area contributed by atoms with E-state index >= 15 is 0 Å². The third kappa shape index (κ3) is 3.52. The van der Waals surface area contributed by atoms with Crippen molar-refractivity contribution in [3.05, 3.63) is 74.6 Å². The van der Waals surface area contributed by atoms with Crippen molar-refractivity contribution in [2.75, 3.05) is 0 Å². The van der Waals surface area contributed by atoms with Gasteiger partial charge in [-0.2, -0.15) is 0 Å². The maximum atomic E-state index is 13.0. The molecule has 1 atom stereocenters. The van der Waals surface area contributed by atoms with Gasteiger partial charge in [-0.15, -0.1) is 0 Å². The second-order valence-electron chi connectivity index (χ2n) is 5.51. The first-order valence-electron chi connectivity index (χ1n) is 7.30. The molecule has 0 saturated carbocycles. The summed E-state index contributed by atoms with van der Waals surface area (Å²) in [6.45, 7) is 1.63. The molecule has 25 heavy (non-hydrogen) atoms. The van der Waals surface area contributed by atoms with E-state index in [1.54, 1.807) is 6.92 Å². The van der Waals surface area contributed by atoms with Crippen molar-refractivity contribution >= 4 is 21.1 Å². The van der Waals surface area contributed by atoms with Crippen LogP contribution in [0.3, 0.4) is 0 Å². The fourth-order valence-electron chi connectivity index (χ4n) is 2.38. The van der Waals surface area contributed by atoms with Gasteiger partial charge in [0.05, 0.1) is 15.9 Å². The summed E-state index contributed by atoms with van der Waals surface area (Å²) < 4.78 is 40.5. The lowest BCUT2D eigenvalue weighted by molar-refractivity contribution is 0.566. The molecule has 3 aromatic rings. The van der Waals surface area contributed by atoms with Crippen LogP contribution in [-0.2, 0) is 10.0 Å². The Balaban J connectivity index is 1.95. The largest absolute Gasteiger partial charge is 0.316 e. The van der Waals surface area contributed by atoms with E-state index in [0.717, 1.165) is 0 Å². The molecule has 0 aliphatic carbocycles. The molecule has 9 heteroatoms. The highest BCUT2D eigenvalue weighted by Gasteiger charge is 2.19. The molecule has 130 valence electrons. The number of halogens is 1. The monoisotopic (exact) mass is 363 g/mol. The van der Waals surface area contributed by atoms with Gasteiger partial charge in [0.2, 0.25) is 10.0 Å². The van der Waals surface area contributed by atoms with Gasteiger partial charge in [0.1, 0.15) is 5.82 Å². The Hall–Kier alpha value is -2.78. The third-order valence-corrected chi connectivity index (χ3v) is 5.24. The molecule has 0 spiro atoms. The van der Waals surface area contributed by atoms with E-state index in [1.165, 1.54) is 42.5 Å². The molecule has 0 aliphatic heterocycles. The predicted molar refractivity (Wildman–Crippen MR) is 90.3 cm³/mol. The number of H-pyrrole nitrogens is 2. The number of aromatic amines is 2. The van der Waals surface area contributed by atoms with Gasteiger partial charge in [0.25, 0.3) is 0 Å². The Labute approximate surface area is 141 Å². The lowest BCUT2D eigenvalue weighted by Gasteiger charge is -2.15. The van der Waals surface area contributed by atoms with Crippen molar-refractivity contribution in [2.45, 2.75) is 17.9 Å². The third-order valence-electron chi connectivity index (χ3n) is 3.71. The Morgan fingerprint density at radius 1 is 0.960 bits per heavy atom. The van der Waals surface area contributed by atoms with Crippen LogP contribution in [0.25, 0.3) is 11.0 Å². The summed E-state index contributed by atoms with van der Waals surface area (Å²) in [5.74, 6) is -0.411. The highest BCUT2D eigenvalue weighted by Crippen LogP contribution is 2.19. The summed E-state index contributed by atoms with van der Waals surface area (Å²) in [5.41, 5.74) is -0.568. The molecule has 0 aliphatic rings. The van der Waals surface area contributed by atoms with Gasteiger partial charge < -0.3 is 9.97 Å².